The Morgan fingerprint density at radius 1 is 2.00 bits per heavy atom. The van der Waals surface area contributed by atoms with Gasteiger partial charge in [0, 0.05) is 10.3 Å². The largest absolute Gasteiger partial charge is 0.691 e. The van der Waals surface area contributed by atoms with Crippen LogP contribution in [0, 0.1) is 5.21 Å². The Morgan fingerprint density at radius 3 is 3.00 bits per heavy atom. The van der Waals surface area contributed by atoms with Crippen molar-refractivity contribution >= 4 is 6.29 Å². The van der Waals surface area contributed by atoms with E-state index in [1.165, 1.54) is 0 Å². The molecule has 2 N–H and O–H groups in total. The van der Waals surface area contributed by atoms with Crippen LogP contribution in [0.2, 0.25) is 0 Å². The number of rotatable bonds is 2. The number of hydroxylamine groups is 3. The first-order chi connectivity index (χ1) is 5.14. The van der Waals surface area contributed by atoms with Crippen LogP contribution in [0.1, 0.15) is 6.92 Å². The number of carbonyl (C=O) groups is 1. The van der Waals surface area contributed by atoms with E-state index in [9.17, 15) is 15.2 Å². The molecule has 2 atom stereocenters. The fraction of sp³-hybridized carbons (Fsp3) is 0.750. The van der Waals surface area contributed by atoms with Crippen molar-refractivity contribution in [2.45, 2.75) is 13.1 Å². The van der Waals surface area contributed by atoms with Crippen LogP contribution in [-0.4, -0.2) is 33.8 Å². The third-order valence-electron chi connectivity index (χ3n) is 1.58. The molecule has 0 saturated carbocycles. The molecule has 0 aromatic heterocycles. The van der Waals surface area contributed by atoms with Crippen LogP contribution in [0.4, 0.5) is 0 Å². The Kier molecular flexibility index (Phi) is 1.75. The van der Waals surface area contributed by atoms with E-state index in [4.69, 9.17) is 0 Å². The zero-order chi connectivity index (χ0) is 8.48. The van der Waals surface area contributed by atoms with Gasteiger partial charge in [0.1, 0.15) is 5.22 Å². The second kappa shape index (κ2) is 2.44. The van der Waals surface area contributed by atoms with Gasteiger partial charge in [0.05, 0.1) is 0 Å². The van der Waals surface area contributed by atoms with Gasteiger partial charge in [0.2, 0.25) is 6.29 Å². The minimum Gasteiger partial charge on any atom is -0.691 e. The van der Waals surface area contributed by atoms with Crippen molar-refractivity contribution in [3.8, 4) is 0 Å². The maximum Gasteiger partial charge on any atom is 0.374 e. The van der Waals surface area contributed by atoms with E-state index in [1.807, 2.05) is 0 Å². The zero-order valence-electron chi connectivity index (χ0n) is 5.97. The number of nitrogens with zero attached hydrogens (tertiary/aromatic N) is 3. The lowest BCUT2D eigenvalue weighted by Gasteiger charge is -2.18. The first-order valence-corrected chi connectivity index (χ1v) is 3.14. The van der Waals surface area contributed by atoms with Gasteiger partial charge < -0.3 is 5.21 Å². The van der Waals surface area contributed by atoms with E-state index < -0.39 is 10.9 Å². The molecule has 7 nitrogen and oxygen atoms in total. The fourth-order valence-electron chi connectivity index (χ4n) is 0.814. The van der Waals surface area contributed by atoms with Crippen LogP contribution in [0.5, 0.6) is 0 Å². The van der Waals surface area contributed by atoms with Gasteiger partial charge in [0.25, 0.3) is 0 Å². The summed E-state index contributed by atoms with van der Waals surface area (Å²) in [5.74, 6) is 0. The predicted molar refractivity (Wildman–Crippen MR) is 31.6 cm³/mol. The number of likely N-dealkylation sites (N-methyl/N-ethyl adjacent to an activating group) is 1. The molecule has 1 rings (SSSR count). The average molecular weight is 161 g/mol. The highest BCUT2D eigenvalue weighted by Gasteiger charge is 2.48. The Balaban J connectivity index is 2.83. The van der Waals surface area contributed by atoms with E-state index in [2.05, 4.69) is 10.8 Å². The van der Waals surface area contributed by atoms with Crippen LogP contribution >= 0.6 is 0 Å². The molecule has 7 heteroatoms. The number of quaternary nitrogens is 1. The number of carbonyl (C=O) groups excluding carboxylic acids is 1. The van der Waals surface area contributed by atoms with Crippen molar-refractivity contribution in [2.75, 3.05) is 6.54 Å². The lowest BCUT2D eigenvalue weighted by molar-refractivity contribution is -1.16. The molecule has 1 aliphatic rings. The maximum atomic E-state index is 10.7. The van der Waals surface area contributed by atoms with E-state index in [-0.39, 0.29) is 11.4 Å². The van der Waals surface area contributed by atoms with Crippen molar-refractivity contribution < 1.29 is 19.6 Å². The van der Waals surface area contributed by atoms with Crippen molar-refractivity contribution in [1.29, 1.82) is 0 Å². The SMILES string of the molecule is CC[N+]1(O)NN=[N+]([O-])C1C=O. The van der Waals surface area contributed by atoms with Gasteiger partial charge in [0.15, 0.2) is 6.54 Å². The third kappa shape index (κ3) is 1.03. The summed E-state index contributed by atoms with van der Waals surface area (Å²) in [6.45, 7) is 1.81. The predicted octanol–water partition coefficient (Wildman–Crippen LogP) is -0.867. The normalized spacial score (nSPS) is 36.2. The zero-order valence-corrected chi connectivity index (χ0v) is 5.97. The molecular weight excluding hydrogens is 152 g/mol. The van der Waals surface area contributed by atoms with Gasteiger partial charge >= 0.3 is 6.17 Å². The molecule has 1 aliphatic heterocycles. The summed E-state index contributed by atoms with van der Waals surface area (Å²) in [6, 6.07) is 0. The molecule has 2 unspecified atom stereocenters. The quantitative estimate of drug-likeness (QED) is 0.238. The Labute approximate surface area is 62.6 Å². The van der Waals surface area contributed by atoms with E-state index >= 15 is 0 Å². The molecule has 1 heterocycles. The second-order valence-corrected chi connectivity index (χ2v) is 2.20. The summed E-state index contributed by atoms with van der Waals surface area (Å²) >= 11 is 0. The third-order valence-corrected chi connectivity index (χ3v) is 1.58. The highest BCUT2D eigenvalue weighted by atomic mass is 16.6. The lowest BCUT2D eigenvalue weighted by atomic mass is 10.5. The van der Waals surface area contributed by atoms with Gasteiger partial charge in [-0.15, -0.1) is 0 Å². The van der Waals surface area contributed by atoms with Gasteiger partial charge in [-0.3, -0.25) is 4.79 Å². The van der Waals surface area contributed by atoms with Crippen LogP contribution < -0.4 is 5.53 Å². The fourth-order valence-corrected chi connectivity index (χ4v) is 0.814. The van der Waals surface area contributed by atoms with Crippen molar-refractivity contribution in [1.82, 2.24) is 5.53 Å². The van der Waals surface area contributed by atoms with Crippen LogP contribution in [-0.2, 0) is 4.79 Å². The van der Waals surface area contributed by atoms with Crippen LogP contribution in [0.15, 0.2) is 5.22 Å². The van der Waals surface area contributed by atoms with E-state index in [1.54, 1.807) is 6.92 Å². The molecular formula is C4H9N4O3+. The lowest BCUT2D eigenvalue weighted by Crippen LogP contribution is -2.58. The number of aldehydes is 1. The summed E-state index contributed by atoms with van der Waals surface area (Å²) in [6.07, 6.45) is -0.847. The molecule has 11 heavy (non-hydrogen) atoms. The molecule has 0 fully saturated rings. The Hall–Kier alpha value is -1.21. The first-order valence-electron chi connectivity index (χ1n) is 3.14. The summed E-state index contributed by atoms with van der Waals surface area (Å²) < 4.78 is -0.854. The van der Waals surface area contributed by atoms with E-state index in [0.29, 0.717) is 6.29 Å². The number of nitrogens with one attached hydrogen (secondary N) is 1. The number of hydrogen-bond acceptors (Lipinski definition) is 5. The number of hydrogen-bond donors (Lipinski definition) is 2. The summed E-state index contributed by atoms with van der Waals surface area (Å²) in [4.78, 5) is 10.4. The molecule has 62 valence electrons. The van der Waals surface area contributed by atoms with Crippen molar-refractivity contribution in [3.05, 3.63) is 5.21 Å². The van der Waals surface area contributed by atoms with Gasteiger partial charge in [-0.2, -0.15) is 5.21 Å². The maximum absolute atomic E-state index is 10.7. The van der Waals surface area contributed by atoms with Gasteiger partial charge in [-0.05, 0) is 6.92 Å². The first kappa shape index (κ1) is 7.89. The van der Waals surface area contributed by atoms with Crippen LogP contribution in [0.3, 0.4) is 0 Å². The molecule has 0 aromatic rings. The molecule has 0 spiro atoms. The highest BCUT2D eigenvalue weighted by molar-refractivity contribution is 5.53. The minimum absolute atomic E-state index is 0.135. The molecule has 0 aromatic carbocycles. The Bertz CT molecular complexity index is 206. The van der Waals surface area contributed by atoms with Crippen molar-refractivity contribution in [3.63, 3.8) is 0 Å². The van der Waals surface area contributed by atoms with Gasteiger partial charge in [-0.25, -0.2) is 0 Å². The average Bonchev–Trinajstić information content (AvgIpc) is 2.29. The molecule has 0 amide bonds. The molecule has 0 aliphatic carbocycles. The van der Waals surface area contributed by atoms with Crippen LogP contribution in [0.25, 0.3) is 0 Å². The van der Waals surface area contributed by atoms with Crippen molar-refractivity contribution in [2.24, 2.45) is 5.22 Å². The smallest absolute Gasteiger partial charge is 0.374 e. The van der Waals surface area contributed by atoms with E-state index in [0.717, 1.165) is 0 Å². The topological polar surface area (TPSA) is 87.8 Å². The highest BCUT2D eigenvalue weighted by Crippen LogP contribution is 2.10. The second-order valence-electron chi connectivity index (χ2n) is 2.20. The molecule has 0 radical (unpaired) electrons. The standard InChI is InChI=1S/C4H9N4O3/c1-2-8(11)4(3-9)7(10)5-6-8/h3-4,6,11H,2H2,1H3/q+1. The minimum atomic E-state index is -1.19. The summed E-state index contributed by atoms with van der Waals surface area (Å²) in [5, 5.41) is 23.2. The molecule has 0 saturated heterocycles. The summed E-state index contributed by atoms with van der Waals surface area (Å²) in [5.41, 5.74) is 2.13. The van der Waals surface area contributed by atoms with Gasteiger partial charge in [-0.1, -0.05) is 4.86 Å². The monoisotopic (exact) mass is 161 g/mol. The molecule has 0 bridgehead atoms. The summed E-state index contributed by atoms with van der Waals surface area (Å²) in [7, 11) is 0. The Morgan fingerprint density at radius 2 is 2.64 bits per heavy atom.